The maximum absolute atomic E-state index is 12.8. The predicted octanol–water partition coefficient (Wildman–Crippen LogP) is 3.62. The molecule has 25 heavy (non-hydrogen) atoms. The highest BCUT2D eigenvalue weighted by molar-refractivity contribution is 7.08. The summed E-state index contributed by atoms with van der Waals surface area (Å²) in [7, 11) is 1.57. The van der Waals surface area contributed by atoms with Gasteiger partial charge in [-0.2, -0.15) is 11.3 Å². The van der Waals surface area contributed by atoms with Crippen LogP contribution in [-0.2, 0) is 4.79 Å². The number of aryl methyl sites for hydroxylation is 2. The van der Waals surface area contributed by atoms with Crippen molar-refractivity contribution in [1.82, 2.24) is 4.90 Å². The number of methoxy groups -OCH3 is 1. The van der Waals surface area contributed by atoms with Crippen molar-refractivity contribution in [3.8, 4) is 5.75 Å². The van der Waals surface area contributed by atoms with Gasteiger partial charge in [0.1, 0.15) is 11.8 Å². The second-order valence-electron chi connectivity index (χ2n) is 6.32. The summed E-state index contributed by atoms with van der Waals surface area (Å²) in [5.74, 6) is 0.388. The van der Waals surface area contributed by atoms with Gasteiger partial charge in [-0.15, -0.1) is 0 Å². The summed E-state index contributed by atoms with van der Waals surface area (Å²) in [6.07, 6.45) is 1.51. The molecule has 1 aliphatic heterocycles. The first-order valence-corrected chi connectivity index (χ1v) is 9.25. The number of nitrogens with one attached hydrogen (secondary N) is 1. The fourth-order valence-electron chi connectivity index (χ4n) is 3.15. The highest BCUT2D eigenvalue weighted by Gasteiger charge is 2.35. The normalized spacial score (nSPS) is 16.8. The van der Waals surface area contributed by atoms with Crippen molar-refractivity contribution in [2.24, 2.45) is 0 Å². The quantitative estimate of drug-likeness (QED) is 0.908. The molecule has 0 aliphatic carbocycles. The van der Waals surface area contributed by atoms with Crippen LogP contribution in [-0.4, -0.2) is 36.4 Å². The zero-order chi connectivity index (χ0) is 18.0. The number of likely N-dealkylation sites (tertiary alicyclic amines) is 1. The molecule has 1 aromatic carbocycles. The van der Waals surface area contributed by atoms with Gasteiger partial charge in [-0.1, -0.05) is 6.07 Å². The van der Waals surface area contributed by atoms with Crippen molar-refractivity contribution in [3.05, 3.63) is 45.6 Å². The molecule has 0 bridgehead atoms. The van der Waals surface area contributed by atoms with Gasteiger partial charge in [0, 0.05) is 11.9 Å². The lowest BCUT2D eigenvalue weighted by Gasteiger charge is -2.24. The lowest BCUT2D eigenvalue weighted by atomic mass is 10.1. The fraction of sp³-hybridized carbons (Fsp3) is 0.368. The van der Waals surface area contributed by atoms with E-state index in [2.05, 4.69) is 5.32 Å². The highest BCUT2D eigenvalue weighted by atomic mass is 32.1. The first-order valence-electron chi connectivity index (χ1n) is 8.30. The Bertz CT molecular complexity index is 800. The lowest BCUT2D eigenvalue weighted by Crippen LogP contribution is -2.43. The average molecular weight is 358 g/mol. The number of rotatable bonds is 4. The molecule has 1 N–H and O–H groups in total. The average Bonchev–Trinajstić information content (AvgIpc) is 3.23. The number of carbonyl (C=O) groups is 2. The summed E-state index contributed by atoms with van der Waals surface area (Å²) in [6.45, 7) is 4.49. The molecule has 0 spiro atoms. The molecule has 1 saturated heterocycles. The van der Waals surface area contributed by atoms with E-state index in [-0.39, 0.29) is 11.8 Å². The van der Waals surface area contributed by atoms with E-state index in [4.69, 9.17) is 4.74 Å². The van der Waals surface area contributed by atoms with Crippen LogP contribution in [0.1, 0.15) is 34.3 Å². The molecule has 1 unspecified atom stereocenters. The van der Waals surface area contributed by atoms with Crippen LogP contribution in [0.3, 0.4) is 0 Å². The predicted molar refractivity (Wildman–Crippen MR) is 99.5 cm³/mol. The number of hydrogen-bond acceptors (Lipinski definition) is 4. The molecule has 3 rings (SSSR count). The Kier molecular flexibility index (Phi) is 5.08. The van der Waals surface area contributed by atoms with Gasteiger partial charge in [0.2, 0.25) is 5.91 Å². The van der Waals surface area contributed by atoms with E-state index in [9.17, 15) is 9.59 Å². The van der Waals surface area contributed by atoms with Crippen molar-refractivity contribution in [2.75, 3.05) is 19.0 Å². The van der Waals surface area contributed by atoms with Crippen molar-refractivity contribution >= 4 is 28.8 Å². The van der Waals surface area contributed by atoms with Crippen LogP contribution in [0.5, 0.6) is 5.75 Å². The fourth-order valence-corrected chi connectivity index (χ4v) is 3.97. The Morgan fingerprint density at radius 2 is 2.08 bits per heavy atom. The number of amides is 2. The van der Waals surface area contributed by atoms with E-state index in [1.54, 1.807) is 12.0 Å². The lowest BCUT2D eigenvalue weighted by molar-refractivity contribution is -0.119. The molecule has 2 heterocycles. The van der Waals surface area contributed by atoms with E-state index in [1.165, 1.54) is 11.3 Å². The molecule has 1 aromatic heterocycles. The molecule has 1 atom stereocenters. The third kappa shape index (κ3) is 3.54. The molecule has 1 fully saturated rings. The first kappa shape index (κ1) is 17.5. The van der Waals surface area contributed by atoms with Gasteiger partial charge in [0.05, 0.1) is 18.4 Å². The summed E-state index contributed by atoms with van der Waals surface area (Å²) >= 11 is 1.51. The Morgan fingerprint density at radius 3 is 2.76 bits per heavy atom. The minimum atomic E-state index is -0.447. The summed E-state index contributed by atoms with van der Waals surface area (Å²) in [6, 6.07) is 5.19. The minimum absolute atomic E-state index is 0.0624. The van der Waals surface area contributed by atoms with Crippen LogP contribution < -0.4 is 10.1 Å². The SMILES string of the molecule is COc1ccc(C)cc1NC(=O)C1CCCN1C(=O)c1cscc1C. The topological polar surface area (TPSA) is 58.6 Å². The van der Waals surface area contributed by atoms with E-state index in [0.29, 0.717) is 30.0 Å². The maximum atomic E-state index is 12.8. The van der Waals surface area contributed by atoms with Gasteiger partial charge in [-0.05, 0) is 55.3 Å². The van der Waals surface area contributed by atoms with E-state index >= 15 is 0 Å². The molecule has 132 valence electrons. The zero-order valence-electron chi connectivity index (χ0n) is 14.7. The Hall–Kier alpha value is -2.34. The van der Waals surface area contributed by atoms with Crippen LogP contribution in [0.15, 0.2) is 29.0 Å². The van der Waals surface area contributed by atoms with Crippen LogP contribution in [0, 0.1) is 13.8 Å². The van der Waals surface area contributed by atoms with Crippen molar-refractivity contribution < 1.29 is 14.3 Å². The van der Waals surface area contributed by atoms with Crippen molar-refractivity contribution in [1.29, 1.82) is 0 Å². The first-order chi connectivity index (χ1) is 12.0. The van der Waals surface area contributed by atoms with Gasteiger partial charge in [0.25, 0.3) is 5.91 Å². The monoisotopic (exact) mass is 358 g/mol. The van der Waals surface area contributed by atoms with Crippen LogP contribution in [0.25, 0.3) is 0 Å². The van der Waals surface area contributed by atoms with Gasteiger partial charge in [-0.25, -0.2) is 0 Å². The number of ether oxygens (including phenoxy) is 1. The number of benzene rings is 1. The molecular formula is C19H22N2O3S. The van der Waals surface area contributed by atoms with E-state index in [1.807, 2.05) is 42.8 Å². The number of hydrogen-bond donors (Lipinski definition) is 1. The molecular weight excluding hydrogens is 336 g/mol. The molecule has 0 saturated carbocycles. The molecule has 2 amide bonds. The van der Waals surface area contributed by atoms with Crippen LogP contribution in [0.2, 0.25) is 0 Å². The molecule has 6 heteroatoms. The third-order valence-electron chi connectivity index (χ3n) is 4.52. The summed E-state index contributed by atoms with van der Waals surface area (Å²) < 4.78 is 5.32. The molecule has 5 nitrogen and oxygen atoms in total. The second kappa shape index (κ2) is 7.27. The Morgan fingerprint density at radius 1 is 1.28 bits per heavy atom. The van der Waals surface area contributed by atoms with Crippen LogP contribution >= 0.6 is 11.3 Å². The van der Waals surface area contributed by atoms with Gasteiger partial charge in [-0.3, -0.25) is 9.59 Å². The molecule has 2 aromatic rings. The number of carbonyl (C=O) groups excluding carboxylic acids is 2. The van der Waals surface area contributed by atoms with Crippen molar-refractivity contribution in [3.63, 3.8) is 0 Å². The largest absolute Gasteiger partial charge is 0.495 e. The van der Waals surface area contributed by atoms with E-state index < -0.39 is 6.04 Å². The van der Waals surface area contributed by atoms with Crippen LogP contribution in [0.4, 0.5) is 5.69 Å². The Labute approximate surface area is 151 Å². The van der Waals surface area contributed by atoms with Gasteiger partial charge < -0.3 is 15.0 Å². The molecule has 0 radical (unpaired) electrons. The van der Waals surface area contributed by atoms with Crippen molar-refractivity contribution in [2.45, 2.75) is 32.7 Å². The maximum Gasteiger partial charge on any atom is 0.255 e. The third-order valence-corrected chi connectivity index (χ3v) is 5.38. The zero-order valence-corrected chi connectivity index (χ0v) is 15.5. The number of nitrogens with zero attached hydrogens (tertiary/aromatic N) is 1. The summed E-state index contributed by atoms with van der Waals surface area (Å²) in [5.41, 5.74) is 3.32. The Balaban J connectivity index is 1.79. The standard InChI is InChI=1S/C19H22N2O3S/c1-12-6-7-17(24-3)15(9-12)20-18(22)16-5-4-8-21(16)19(23)14-11-25-10-13(14)2/h6-7,9-11,16H,4-5,8H2,1-3H3,(H,20,22). The van der Waals surface area contributed by atoms with Gasteiger partial charge in [0.15, 0.2) is 0 Å². The smallest absolute Gasteiger partial charge is 0.255 e. The summed E-state index contributed by atoms with van der Waals surface area (Å²) in [5, 5.41) is 6.74. The number of anilines is 1. The molecule has 1 aliphatic rings. The highest BCUT2D eigenvalue weighted by Crippen LogP contribution is 2.28. The second-order valence-corrected chi connectivity index (χ2v) is 7.06. The minimum Gasteiger partial charge on any atom is -0.495 e. The summed E-state index contributed by atoms with van der Waals surface area (Å²) in [4.78, 5) is 27.3. The van der Waals surface area contributed by atoms with Gasteiger partial charge >= 0.3 is 0 Å². The number of thiophene rings is 1. The van der Waals surface area contributed by atoms with E-state index in [0.717, 1.165) is 17.5 Å².